The van der Waals surface area contributed by atoms with E-state index in [-0.39, 0.29) is 0 Å². The molecule has 11 heavy (non-hydrogen) atoms. The monoisotopic (exact) mass is 150 g/mol. The molecule has 0 aromatic heterocycles. The summed E-state index contributed by atoms with van der Waals surface area (Å²) in [6.07, 6.45) is 5.75. The van der Waals surface area contributed by atoms with Crippen LogP contribution in [0.5, 0.6) is 0 Å². The third kappa shape index (κ3) is 0.869. The van der Waals surface area contributed by atoms with Crippen LogP contribution in [0.25, 0.3) is 0 Å². The van der Waals surface area contributed by atoms with Crippen LogP contribution < -0.4 is 5.73 Å². The Hall–Kier alpha value is -1.45. The Morgan fingerprint density at radius 1 is 1.64 bits per heavy atom. The van der Waals surface area contributed by atoms with Gasteiger partial charge in [0.1, 0.15) is 6.67 Å². The van der Waals surface area contributed by atoms with Crippen LogP contribution in [0.4, 0.5) is 0 Å². The first-order chi connectivity index (χ1) is 5.27. The third-order valence-electron chi connectivity index (χ3n) is 1.69. The summed E-state index contributed by atoms with van der Waals surface area (Å²) < 4.78 is 0. The summed E-state index contributed by atoms with van der Waals surface area (Å²) in [6, 6.07) is 0. The van der Waals surface area contributed by atoms with Gasteiger partial charge in [0.25, 0.3) is 0 Å². The first kappa shape index (κ1) is 6.27. The Labute approximate surface area is 65.3 Å². The van der Waals surface area contributed by atoms with E-state index in [2.05, 4.69) is 5.10 Å². The first-order valence-electron chi connectivity index (χ1n) is 3.48. The molecule has 0 radical (unpaired) electrons. The molecule has 2 heterocycles. The van der Waals surface area contributed by atoms with Gasteiger partial charge >= 0.3 is 0 Å². The molecule has 0 atom stereocenters. The van der Waals surface area contributed by atoms with Gasteiger partial charge in [-0.1, -0.05) is 0 Å². The Bertz CT molecular complexity index is 264. The number of allylic oxidation sites excluding steroid dienone is 2. The van der Waals surface area contributed by atoms with Crippen molar-refractivity contribution in [1.82, 2.24) is 9.91 Å². The zero-order valence-corrected chi connectivity index (χ0v) is 6.36. The minimum absolute atomic E-state index is 0.733. The highest BCUT2D eigenvalue weighted by atomic mass is 15.6. The van der Waals surface area contributed by atoms with Crippen LogP contribution in [0.3, 0.4) is 0 Å². The standard InChI is InChI=1S/C7H10N4/c1-10-5-11-4-2-3-6(8)7(11)9-10/h2-4H,5,8H2,1H3. The van der Waals surface area contributed by atoms with Gasteiger partial charge in [-0.3, -0.25) is 5.01 Å². The van der Waals surface area contributed by atoms with Crippen molar-refractivity contribution in [3.05, 3.63) is 24.0 Å². The summed E-state index contributed by atoms with van der Waals surface area (Å²) in [6.45, 7) is 0.792. The lowest BCUT2D eigenvalue weighted by molar-refractivity contribution is 0.317. The van der Waals surface area contributed by atoms with E-state index in [9.17, 15) is 0 Å². The molecule has 4 heteroatoms. The number of rotatable bonds is 0. The van der Waals surface area contributed by atoms with Crippen LogP contribution in [0, 0.1) is 0 Å². The molecule has 0 unspecified atom stereocenters. The van der Waals surface area contributed by atoms with Crippen LogP contribution in [-0.2, 0) is 0 Å². The zero-order chi connectivity index (χ0) is 7.84. The van der Waals surface area contributed by atoms with Crippen molar-refractivity contribution in [3.63, 3.8) is 0 Å². The van der Waals surface area contributed by atoms with Gasteiger partial charge in [-0.15, -0.1) is 0 Å². The van der Waals surface area contributed by atoms with Gasteiger partial charge in [-0.2, -0.15) is 5.10 Å². The van der Waals surface area contributed by atoms with E-state index >= 15 is 0 Å². The van der Waals surface area contributed by atoms with Gasteiger partial charge in [0.05, 0.1) is 5.70 Å². The normalized spacial score (nSPS) is 21.5. The largest absolute Gasteiger partial charge is 0.396 e. The molecule has 2 rings (SSSR count). The smallest absolute Gasteiger partial charge is 0.177 e. The van der Waals surface area contributed by atoms with E-state index in [4.69, 9.17) is 5.73 Å². The van der Waals surface area contributed by atoms with Crippen LogP contribution >= 0.6 is 0 Å². The molecule has 0 fully saturated rings. The average molecular weight is 150 g/mol. The van der Waals surface area contributed by atoms with E-state index in [0.29, 0.717) is 0 Å². The molecule has 2 aliphatic rings. The third-order valence-corrected chi connectivity index (χ3v) is 1.69. The van der Waals surface area contributed by atoms with E-state index < -0.39 is 0 Å². The quantitative estimate of drug-likeness (QED) is 0.523. The Balaban J connectivity index is 2.35. The minimum atomic E-state index is 0.733. The van der Waals surface area contributed by atoms with Crippen molar-refractivity contribution in [2.75, 3.05) is 13.7 Å². The molecule has 0 spiro atoms. The van der Waals surface area contributed by atoms with Gasteiger partial charge in [0.15, 0.2) is 5.84 Å². The number of amidine groups is 1. The lowest BCUT2D eigenvalue weighted by atomic mass is 10.3. The van der Waals surface area contributed by atoms with E-state index in [1.54, 1.807) is 0 Å². The van der Waals surface area contributed by atoms with Gasteiger partial charge in [0.2, 0.25) is 0 Å². The molecular formula is C7H10N4. The van der Waals surface area contributed by atoms with Gasteiger partial charge < -0.3 is 10.6 Å². The van der Waals surface area contributed by atoms with Gasteiger partial charge in [-0.05, 0) is 12.2 Å². The maximum absolute atomic E-state index is 5.69. The predicted octanol–water partition coefficient (Wildman–Crippen LogP) is -0.125. The minimum Gasteiger partial charge on any atom is -0.396 e. The van der Waals surface area contributed by atoms with Crippen molar-refractivity contribution in [3.8, 4) is 0 Å². The number of nitrogens with zero attached hydrogens (tertiary/aromatic N) is 3. The summed E-state index contributed by atoms with van der Waals surface area (Å²) in [5.74, 6) is 0.856. The molecule has 58 valence electrons. The molecule has 2 N–H and O–H groups in total. The number of hydrazone groups is 1. The van der Waals surface area contributed by atoms with E-state index in [1.807, 2.05) is 35.3 Å². The van der Waals surface area contributed by atoms with Crippen LogP contribution in [0.15, 0.2) is 29.2 Å². The molecule has 0 aromatic rings. The van der Waals surface area contributed by atoms with Crippen molar-refractivity contribution >= 4 is 5.84 Å². The molecule has 0 bridgehead atoms. The fourth-order valence-electron chi connectivity index (χ4n) is 1.20. The maximum Gasteiger partial charge on any atom is 0.177 e. The van der Waals surface area contributed by atoms with Gasteiger partial charge in [-0.25, -0.2) is 0 Å². The summed E-state index contributed by atoms with van der Waals surface area (Å²) in [5.41, 5.74) is 6.43. The second-order valence-electron chi connectivity index (χ2n) is 2.66. The summed E-state index contributed by atoms with van der Waals surface area (Å²) in [7, 11) is 1.92. The van der Waals surface area contributed by atoms with Crippen molar-refractivity contribution in [2.24, 2.45) is 10.8 Å². The molecule has 0 aromatic carbocycles. The molecule has 0 aliphatic carbocycles. The number of fused-ring (bicyclic) bond motifs is 1. The zero-order valence-electron chi connectivity index (χ0n) is 6.36. The highest BCUT2D eigenvalue weighted by Crippen LogP contribution is 2.13. The predicted molar refractivity (Wildman–Crippen MR) is 43.3 cm³/mol. The fourth-order valence-corrected chi connectivity index (χ4v) is 1.20. The fraction of sp³-hybridized carbons (Fsp3) is 0.286. The lowest BCUT2D eigenvalue weighted by Gasteiger charge is -2.17. The molecule has 2 aliphatic heterocycles. The Morgan fingerprint density at radius 3 is 3.18 bits per heavy atom. The highest BCUT2D eigenvalue weighted by molar-refractivity contribution is 5.99. The topological polar surface area (TPSA) is 44.9 Å². The molecule has 0 saturated carbocycles. The highest BCUT2D eigenvalue weighted by Gasteiger charge is 2.21. The van der Waals surface area contributed by atoms with E-state index in [0.717, 1.165) is 18.2 Å². The lowest BCUT2D eigenvalue weighted by Crippen LogP contribution is -2.29. The summed E-state index contributed by atoms with van der Waals surface area (Å²) in [4.78, 5) is 2.01. The molecule has 4 nitrogen and oxygen atoms in total. The van der Waals surface area contributed by atoms with Crippen LogP contribution in [0.2, 0.25) is 0 Å². The van der Waals surface area contributed by atoms with Crippen molar-refractivity contribution in [2.45, 2.75) is 0 Å². The SMILES string of the molecule is CN1CN2C=CC=C(N)C2=N1. The van der Waals surface area contributed by atoms with Crippen molar-refractivity contribution in [1.29, 1.82) is 0 Å². The Kier molecular flexibility index (Phi) is 1.15. The van der Waals surface area contributed by atoms with Crippen LogP contribution in [-0.4, -0.2) is 29.5 Å². The average Bonchev–Trinajstić information content (AvgIpc) is 2.31. The summed E-state index contributed by atoms with van der Waals surface area (Å²) in [5, 5.41) is 6.08. The second kappa shape index (κ2) is 2.02. The van der Waals surface area contributed by atoms with E-state index in [1.165, 1.54) is 0 Å². The van der Waals surface area contributed by atoms with Crippen LogP contribution in [0.1, 0.15) is 0 Å². The van der Waals surface area contributed by atoms with Crippen molar-refractivity contribution < 1.29 is 0 Å². The summed E-state index contributed by atoms with van der Waals surface area (Å²) >= 11 is 0. The number of nitrogens with two attached hydrogens (primary N) is 1. The molecule has 0 saturated heterocycles. The maximum atomic E-state index is 5.69. The second-order valence-corrected chi connectivity index (χ2v) is 2.66. The Morgan fingerprint density at radius 2 is 2.45 bits per heavy atom. The first-order valence-corrected chi connectivity index (χ1v) is 3.48. The molecule has 0 amide bonds. The van der Waals surface area contributed by atoms with Gasteiger partial charge in [0, 0.05) is 13.2 Å². The molecular weight excluding hydrogens is 140 g/mol. The number of hydrogen-bond acceptors (Lipinski definition) is 4. The number of hydrogen-bond donors (Lipinski definition) is 1.